The molecule has 0 saturated carbocycles. The van der Waals surface area contributed by atoms with Crippen LogP contribution in [0, 0.1) is 0 Å². The van der Waals surface area contributed by atoms with Crippen molar-refractivity contribution in [2.24, 2.45) is 0 Å². The molecule has 2 aromatic heterocycles. The predicted octanol–water partition coefficient (Wildman–Crippen LogP) is 7.18. The van der Waals surface area contributed by atoms with Crippen molar-refractivity contribution in [3.05, 3.63) is 89.4 Å². The average molecular weight is 429 g/mol. The lowest BCUT2D eigenvalue weighted by atomic mass is 10.0. The van der Waals surface area contributed by atoms with E-state index in [1.165, 1.54) is 23.1 Å². The molecule has 0 aliphatic rings. The minimum atomic E-state index is -4.51. The average Bonchev–Trinajstić information content (AvgIpc) is 3.27. The topological polar surface area (TPSA) is 25.8 Å². The van der Waals surface area contributed by atoms with Crippen molar-refractivity contribution in [3.63, 3.8) is 0 Å². The normalized spacial score (nSPS) is 11.6. The van der Waals surface area contributed by atoms with Crippen molar-refractivity contribution < 1.29 is 13.2 Å². The molecule has 0 saturated heterocycles. The van der Waals surface area contributed by atoms with Gasteiger partial charge in [0, 0.05) is 5.75 Å². The van der Waals surface area contributed by atoms with Gasteiger partial charge in [0.1, 0.15) is 5.69 Å². The Morgan fingerprint density at radius 2 is 1.55 bits per heavy atom. The van der Waals surface area contributed by atoms with Gasteiger partial charge in [0.25, 0.3) is 0 Å². The number of nitrogens with zero attached hydrogens (tertiary/aromatic N) is 2. The predicted molar refractivity (Wildman–Crippen MR) is 112 cm³/mol. The van der Waals surface area contributed by atoms with Gasteiger partial charge in [-0.3, -0.25) is 0 Å². The molecular formula is C22H15F3N2S2. The van der Waals surface area contributed by atoms with Gasteiger partial charge in [-0.2, -0.15) is 13.2 Å². The highest BCUT2D eigenvalue weighted by atomic mass is 32.2. The largest absolute Gasteiger partial charge is 0.433 e. The van der Waals surface area contributed by atoms with Crippen LogP contribution >= 0.6 is 23.1 Å². The number of thioether (sulfide) groups is 1. The van der Waals surface area contributed by atoms with Gasteiger partial charge in [0.15, 0.2) is 5.16 Å². The summed E-state index contributed by atoms with van der Waals surface area (Å²) in [6, 6.07) is 22.5. The fourth-order valence-corrected chi connectivity index (χ4v) is 4.26. The van der Waals surface area contributed by atoms with E-state index in [9.17, 15) is 13.2 Å². The Balaban J connectivity index is 1.54. The second-order valence-corrected chi connectivity index (χ2v) is 8.14. The first kappa shape index (κ1) is 19.7. The van der Waals surface area contributed by atoms with Gasteiger partial charge < -0.3 is 0 Å². The Hall–Kier alpha value is -2.64. The first-order chi connectivity index (χ1) is 14.0. The molecule has 2 nitrogen and oxygen atoms in total. The number of aromatic nitrogens is 2. The summed E-state index contributed by atoms with van der Waals surface area (Å²) in [6.07, 6.45) is -4.51. The van der Waals surface area contributed by atoms with Crippen LogP contribution in [-0.2, 0) is 11.9 Å². The molecule has 4 rings (SSSR count). The Kier molecular flexibility index (Phi) is 5.69. The van der Waals surface area contributed by atoms with Gasteiger partial charge in [-0.15, -0.1) is 11.3 Å². The summed E-state index contributed by atoms with van der Waals surface area (Å²) in [5.41, 5.74) is 2.58. The molecule has 0 unspecified atom stereocenters. The highest BCUT2D eigenvalue weighted by molar-refractivity contribution is 7.98. The molecule has 2 aromatic carbocycles. The molecule has 0 aliphatic heterocycles. The van der Waals surface area contributed by atoms with Crippen LogP contribution in [0.2, 0.25) is 0 Å². The third kappa shape index (κ3) is 4.86. The van der Waals surface area contributed by atoms with Crippen LogP contribution in [0.5, 0.6) is 0 Å². The summed E-state index contributed by atoms with van der Waals surface area (Å²) in [5, 5.41) is 1.93. The van der Waals surface area contributed by atoms with Crippen LogP contribution in [-0.4, -0.2) is 9.97 Å². The fraction of sp³-hybridized carbons (Fsp3) is 0.0909. The zero-order valence-corrected chi connectivity index (χ0v) is 16.7. The smallest absolute Gasteiger partial charge is 0.222 e. The molecule has 0 spiro atoms. The van der Waals surface area contributed by atoms with Crippen molar-refractivity contribution in [3.8, 4) is 21.7 Å². The highest BCUT2D eigenvalue weighted by Gasteiger charge is 2.34. The van der Waals surface area contributed by atoms with Crippen LogP contribution in [0.25, 0.3) is 21.7 Å². The molecule has 146 valence electrons. The maximum Gasteiger partial charge on any atom is 0.433 e. The summed E-state index contributed by atoms with van der Waals surface area (Å²) >= 11 is 2.55. The lowest BCUT2D eigenvalue weighted by Gasteiger charge is -2.10. The van der Waals surface area contributed by atoms with Crippen LogP contribution in [0.1, 0.15) is 11.3 Å². The molecule has 0 fully saturated rings. The molecule has 0 amide bonds. The number of hydrogen-bond donors (Lipinski definition) is 0. The summed E-state index contributed by atoms with van der Waals surface area (Å²) < 4.78 is 39.8. The maximum absolute atomic E-state index is 13.3. The van der Waals surface area contributed by atoms with E-state index in [-0.39, 0.29) is 5.16 Å². The quantitative estimate of drug-likeness (QED) is 0.249. The summed E-state index contributed by atoms with van der Waals surface area (Å²) in [6.45, 7) is 0. The van der Waals surface area contributed by atoms with E-state index in [0.717, 1.165) is 22.8 Å². The first-order valence-corrected chi connectivity index (χ1v) is 10.6. The molecule has 4 aromatic rings. The zero-order chi connectivity index (χ0) is 20.3. The van der Waals surface area contributed by atoms with Gasteiger partial charge in [-0.05, 0) is 34.2 Å². The van der Waals surface area contributed by atoms with Crippen LogP contribution < -0.4 is 0 Å². The number of hydrogen-bond acceptors (Lipinski definition) is 4. The van der Waals surface area contributed by atoms with E-state index in [1.807, 2.05) is 60.0 Å². The molecule has 29 heavy (non-hydrogen) atoms. The molecular weight excluding hydrogens is 413 g/mol. The van der Waals surface area contributed by atoms with E-state index in [0.29, 0.717) is 16.3 Å². The molecule has 0 aliphatic carbocycles. The summed E-state index contributed by atoms with van der Waals surface area (Å²) in [5.74, 6) is 0.486. The van der Waals surface area contributed by atoms with Crippen molar-refractivity contribution in [2.45, 2.75) is 17.1 Å². The van der Waals surface area contributed by atoms with E-state index in [2.05, 4.69) is 9.97 Å². The van der Waals surface area contributed by atoms with E-state index < -0.39 is 11.9 Å². The zero-order valence-electron chi connectivity index (χ0n) is 15.1. The van der Waals surface area contributed by atoms with Crippen LogP contribution in [0.4, 0.5) is 13.2 Å². The monoisotopic (exact) mass is 428 g/mol. The standard InChI is InChI=1S/C22H15F3N2S2/c23-22(24,25)20-13-18(19-7-4-12-28-19)26-21(27-20)29-14-15-8-10-17(11-9-15)16-5-2-1-3-6-16/h1-13H,14H2. The molecule has 0 N–H and O–H groups in total. The second-order valence-electron chi connectivity index (χ2n) is 6.25. The van der Waals surface area contributed by atoms with Crippen molar-refractivity contribution >= 4 is 23.1 Å². The minimum Gasteiger partial charge on any atom is -0.222 e. The van der Waals surface area contributed by atoms with Crippen molar-refractivity contribution in [2.75, 3.05) is 0 Å². The number of thiophene rings is 1. The van der Waals surface area contributed by atoms with Gasteiger partial charge in [-0.25, -0.2) is 9.97 Å². The Morgan fingerprint density at radius 1 is 0.828 bits per heavy atom. The van der Waals surface area contributed by atoms with Crippen molar-refractivity contribution in [1.82, 2.24) is 9.97 Å². The van der Waals surface area contributed by atoms with E-state index in [4.69, 9.17) is 0 Å². The molecule has 2 heterocycles. The number of benzene rings is 2. The third-order valence-corrected chi connectivity index (χ3v) is 6.01. The summed E-state index contributed by atoms with van der Waals surface area (Å²) in [7, 11) is 0. The summed E-state index contributed by atoms with van der Waals surface area (Å²) in [4.78, 5) is 8.75. The van der Waals surface area contributed by atoms with Crippen molar-refractivity contribution in [1.29, 1.82) is 0 Å². The molecule has 0 radical (unpaired) electrons. The Morgan fingerprint density at radius 3 is 2.21 bits per heavy atom. The fourth-order valence-electron chi connectivity index (χ4n) is 2.76. The van der Waals surface area contributed by atoms with Crippen LogP contribution in [0.15, 0.2) is 83.3 Å². The van der Waals surface area contributed by atoms with E-state index >= 15 is 0 Å². The van der Waals surface area contributed by atoms with Crippen LogP contribution in [0.3, 0.4) is 0 Å². The van der Waals surface area contributed by atoms with Gasteiger partial charge in [0.05, 0.1) is 10.6 Å². The first-order valence-electron chi connectivity index (χ1n) is 8.76. The number of rotatable bonds is 5. The SMILES string of the molecule is FC(F)(F)c1cc(-c2cccs2)nc(SCc2ccc(-c3ccccc3)cc2)n1. The van der Waals surface area contributed by atoms with Gasteiger partial charge in [0.2, 0.25) is 0 Å². The number of halogens is 3. The second kappa shape index (κ2) is 8.39. The molecule has 7 heteroatoms. The third-order valence-electron chi connectivity index (χ3n) is 4.20. The Labute approximate surface area is 174 Å². The van der Waals surface area contributed by atoms with Gasteiger partial charge >= 0.3 is 6.18 Å². The van der Waals surface area contributed by atoms with E-state index in [1.54, 1.807) is 12.1 Å². The number of alkyl halides is 3. The highest BCUT2D eigenvalue weighted by Crippen LogP contribution is 2.34. The molecule has 0 bridgehead atoms. The Bertz CT molecular complexity index is 1080. The lowest BCUT2D eigenvalue weighted by Crippen LogP contribution is -2.10. The van der Waals surface area contributed by atoms with Gasteiger partial charge in [-0.1, -0.05) is 72.4 Å². The minimum absolute atomic E-state index is 0.121. The maximum atomic E-state index is 13.3. The molecule has 0 atom stereocenters. The lowest BCUT2D eigenvalue weighted by molar-refractivity contribution is -0.141.